The minimum Gasteiger partial charge on any atom is -0.360 e. The van der Waals surface area contributed by atoms with Gasteiger partial charge in [0.1, 0.15) is 0 Å². The Morgan fingerprint density at radius 1 is 1.53 bits per heavy atom. The molecule has 1 aromatic heterocycles. The van der Waals surface area contributed by atoms with Crippen LogP contribution in [-0.4, -0.2) is 22.7 Å². The third-order valence-electron chi connectivity index (χ3n) is 2.76. The van der Waals surface area contributed by atoms with E-state index in [9.17, 15) is 0 Å². The van der Waals surface area contributed by atoms with Crippen molar-refractivity contribution in [2.24, 2.45) is 0 Å². The van der Waals surface area contributed by atoms with Crippen molar-refractivity contribution in [1.82, 2.24) is 10.5 Å². The first-order valence-electron chi connectivity index (χ1n) is 5.64. The van der Waals surface area contributed by atoms with E-state index in [0.717, 1.165) is 24.4 Å². The molecular weight excluding hydrogens is 208 g/mol. The molecule has 0 saturated carbocycles. The number of aryl methyl sites for hydroxylation is 1. The van der Waals surface area contributed by atoms with E-state index < -0.39 is 0 Å². The van der Waals surface area contributed by atoms with Crippen molar-refractivity contribution in [3.8, 4) is 0 Å². The Kier molecular flexibility index (Phi) is 4.09. The molecule has 0 spiro atoms. The number of thioether (sulfide) groups is 1. The summed E-state index contributed by atoms with van der Waals surface area (Å²) in [5.41, 5.74) is 1.05. The molecule has 1 aliphatic heterocycles. The van der Waals surface area contributed by atoms with Gasteiger partial charge in [-0.05, 0) is 30.8 Å². The van der Waals surface area contributed by atoms with E-state index >= 15 is 0 Å². The molecule has 1 saturated heterocycles. The van der Waals surface area contributed by atoms with Crippen LogP contribution < -0.4 is 5.32 Å². The van der Waals surface area contributed by atoms with Crippen LogP contribution >= 0.6 is 11.8 Å². The summed E-state index contributed by atoms with van der Waals surface area (Å²) in [5, 5.41) is 7.51. The second-order valence-electron chi connectivity index (χ2n) is 3.91. The first kappa shape index (κ1) is 11.0. The highest BCUT2D eigenvalue weighted by Crippen LogP contribution is 2.17. The maximum Gasteiger partial charge on any atom is 0.150 e. The molecule has 1 aliphatic rings. The Labute approximate surface area is 95.0 Å². The number of hydrogen-bond donors (Lipinski definition) is 1. The maximum atomic E-state index is 5.23. The zero-order valence-corrected chi connectivity index (χ0v) is 9.98. The molecular formula is C11H18N2OS. The Morgan fingerprint density at radius 3 is 3.00 bits per heavy atom. The molecule has 0 radical (unpaired) electrons. The summed E-state index contributed by atoms with van der Waals surface area (Å²) in [6.07, 6.45) is 3.50. The van der Waals surface area contributed by atoms with Crippen molar-refractivity contribution in [2.75, 3.05) is 11.5 Å². The monoisotopic (exact) mass is 226 g/mol. The average Bonchev–Trinajstić information content (AvgIpc) is 2.76. The van der Waals surface area contributed by atoms with Crippen molar-refractivity contribution < 1.29 is 4.52 Å². The molecule has 0 unspecified atom stereocenters. The summed E-state index contributed by atoms with van der Waals surface area (Å²) in [4.78, 5) is 0. The van der Waals surface area contributed by atoms with Crippen LogP contribution in [0.5, 0.6) is 0 Å². The molecule has 0 atom stereocenters. The van der Waals surface area contributed by atoms with Gasteiger partial charge in [-0.25, -0.2) is 0 Å². The molecule has 2 rings (SSSR count). The number of nitrogens with zero attached hydrogens (tertiary/aromatic N) is 1. The molecule has 84 valence electrons. The van der Waals surface area contributed by atoms with Gasteiger partial charge in [-0.2, -0.15) is 11.8 Å². The van der Waals surface area contributed by atoms with E-state index in [2.05, 4.69) is 29.2 Å². The molecule has 2 heterocycles. The van der Waals surface area contributed by atoms with Crippen LogP contribution in [0.1, 0.15) is 31.2 Å². The Balaban J connectivity index is 1.76. The predicted molar refractivity (Wildman–Crippen MR) is 63.1 cm³/mol. The molecule has 4 heteroatoms. The molecule has 0 bridgehead atoms. The molecule has 0 aromatic carbocycles. The third kappa shape index (κ3) is 3.24. The van der Waals surface area contributed by atoms with Crippen LogP contribution in [0.4, 0.5) is 0 Å². The highest BCUT2D eigenvalue weighted by molar-refractivity contribution is 7.99. The molecule has 1 fully saturated rings. The van der Waals surface area contributed by atoms with Crippen molar-refractivity contribution in [2.45, 2.75) is 38.8 Å². The van der Waals surface area contributed by atoms with Crippen LogP contribution in [0.25, 0.3) is 0 Å². The topological polar surface area (TPSA) is 38.1 Å². The molecule has 15 heavy (non-hydrogen) atoms. The molecule has 1 aromatic rings. The summed E-state index contributed by atoms with van der Waals surface area (Å²) in [5.74, 6) is 3.54. The van der Waals surface area contributed by atoms with Gasteiger partial charge in [-0.15, -0.1) is 0 Å². The summed E-state index contributed by atoms with van der Waals surface area (Å²) in [6, 6.07) is 2.71. The van der Waals surface area contributed by atoms with E-state index in [4.69, 9.17) is 4.52 Å². The van der Waals surface area contributed by atoms with Gasteiger partial charge in [0.15, 0.2) is 5.76 Å². The van der Waals surface area contributed by atoms with Gasteiger partial charge in [0, 0.05) is 12.1 Å². The average molecular weight is 226 g/mol. The second kappa shape index (κ2) is 5.56. The quantitative estimate of drug-likeness (QED) is 0.854. The van der Waals surface area contributed by atoms with Crippen LogP contribution in [0.3, 0.4) is 0 Å². The van der Waals surface area contributed by atoms with Crippen LogP contribution in [0.2, 0.25) is 0 Å². The molecule has 1 N–H and O–H groups in total. The van der Waals surface area contributed by atoms with Crippen molar-refractivity contribution in [3.05, 3.63) is 17.5 Å². The highest BCUT2D eigenvalue weighted by Gasteiger charge is 2.13. The van der Waals surface area contributed by atoms with Gasteiger partial charge in [0.2, 0.25) is 0 Å². The Hall–Kier alpha value is -0.480. The fraction of sp³-hybridized carbons (Fsp3) is 0.727. The molecule has 0 aliphatic carbocycles. The normalized spacial score (nSPS) is 18.2. The summed E-state index contributed by atoms with van der Waals surface area (Å²) in [6.45, 7) is 2.91. The standard InChI is InChI=1S/C11H18N2OS/c1-2-9-7-11(14-13-9)8-12-10-3-5-15-6-4-10/h7,10,12H,2-6,8H2,1H3. The van der Waals surface area contributed by atoms with Crippen LogP contribution in [0.15, 0.2) is 10.6 Å². The lowest BCUT2D eigenvalue weighted by Crippen LogP contribution is -2.31. The van der Waals surface area contributed by atoms with Gasteiger partial charge >= 0.3 is 0 Å². The molecule has 3 nitrogen and oxygen atoms in total. The second-order valence-corrected chi connectivity index (χ2v) is 5.13. The summed E-state index contributed by atoms with van der Waals surface area (Å²) in [7, 11) is 0. The van der Waals surface area contributed by atoms with E-state index in [1.54, 1.807) is 0 Å². The third-order valence-corrected chi connectivity index (χ3v) is 3.81. The first-order chi connectivity index (χ1) is 7.38. The van der Waals surface area contributed by atoms with Crippen molar-refractivity contribution >= 4 is 11.8 Å². The number of rotatable bonds is 4. The predicted octanol–water partition coefficient (Wildman–Crippen LogP) is 2.22. The summed E-state index contributed by atoms with van der Waals surface area (Å²) < 4.78 is 5.23. The molecule has 0 amide bonds. The van der Waals surface area contributed by atoms with E-state index in [1.807, 2.05) is 6.07 Å². The lowest BCUT2D eigenvalue weighted by molar-refractivity contribution is 0.354. The zero-order chi connectivity index (χ0) is 10.5. The van der Waals surface area contributed by atoms with Gasteiger partial charge < -0.3 is 9.84 Å². The van der Waals surface area contributed by atoms with Crippen LogP contribution in [0, 0.1) is 0 Å². The number of aromatic nitrogens is 1. The Morgan fingerprint density at radius 2 is 2.33 bits per heavy atom. The minimum absolute atomic E-state index is 0.668. The highest BCUT2D eigenvalue weighted by atomic mass is 32.2. The zero-order valence-electron chi connectivity index (χ0n) is 9.16. The summed E-state index contributed by atoms with van der Waals surface area (Å²) >= 11 is 2.05. The van der Waals surface area contributed by atoms with E-state index in [0.29, 0.717) is 6.04 Å². The number of nitrogens with one attached hydrogen (secondary N) is 1. The van der Waals surface area contributed by atoms with Gasteiger partial charge in [-0.3, -0.25) is 0 Å². The fourth-order valence-electron chi connectivity index (χ4n) is 1.75. The largest absolute Gasteiger partial charge is 0.360 e. The Bertz CT molecular complexity index is 295. The number of hydrogen-bond acceptors (Lipinski definition) is 4. The van der Waals surface area contributed by atoms with Crippen molar-refractivity contribution in [3.63, 3.8) is 0 Å². The van der Waals surface area contributed by atoms with E-state index in [-0.39, 0.29) is 0 Å². The lowest BCUT2D eigenvalue weighted by atomic mass is 10.1. The van der Waals surface area contributed by atoms with Gasteiger partial charge in [0.05, 0.1) is 12.2 Å². The SMILES string of the molecule is CCc1cc(CNC2CCSCC2)on1. The lowest BCUT2D eigenvalue weighted by Gasteiger charge is -2.21. The fourth-order valence-corrected chi connectivity index (χ4v) is 2.86. The smallest absolute Gasteiger partial charge is 0.150 e. The van der Waals surface area contributed by atoms with Crippen molar-refractivity contribution in [1.29, 1.82) is 0 Å². The maximum absolute atomic E-state index is 5.23. The van der Waals surface area contributed by atoms with Gasteiger partial charge in [0.25, 0.3) is 0 Å². The van der Waals surface area contributed by atoms with Crippen LogP contribution in [-0.2, 0) is 13.0 Å². The first-order valence-corrected chi connectivity index (χ1v) is 6.79. The minimum atomic E-state index is 0.668. The van der Waals surface area contributed by atoms with E-state index in [1.165, 1.54) is 24.3 Å². The van der Waals surface area contributed by atoms with Gasteiger partial charge in [-0.1, -0.05) is 12.1 Å².